The first-order valence-corrected chi connectivity index (χ1v) is 9.29. The van der Waals surface area contributed by atoms with Crippen molar-refractivity contribution in [2.45, 2.75) is 13.0 Å². The highest BCUT2D eigenvalue weighted by Crippen LogP contribution is 2.41. The average molecular weight is 431 g/mol. The van der Waals surface area contributed by atoms with Gasteiger partial charge in [-0.25, -0.2) is 9.59 Å². The molecule has 9 heteroatoms. The summed E-state index contributed by atoms with van der Waals surface area (Å²) in [5.74, 6) is -1.18. The highest BCUT2D eigenvalue weighted by molar-refractivity contribution is 6.32. The third kappa shape index (κ3) is 4.38. The number of ketones is 1. The lowest BCUT2D eigenvalue weighted by molar-refractivity contribution is -0.139. The molecule has 0 radical (unpaired) electrons. The number of amides is 2. The molecule has 0 spiro atoms. The quantitative estimate of drug-likeness (QED) is 0.621. The molecule has 1 aliphatic rings. The Balaban J connectivity index is 2.13. The highest BCUT2D eigenvalue weighted by atomic mass is 35.5. The summed E-state index contributed by atoms with van der Waals surface area (Å²) in [6.45, 7) is 0.809. The van der Waals surface area contributed by atoms with Crippen molar-refractivity contribution in [1.82, 2.24) is 10.6 Å². The van der Waals surface area contributed by atoms with Crippen molar-refractivity contribution in [3.63, 3.8) is 0 Å². The maximum atomic E-state index is 12.6. The highest BCUT2D eigenvalue weighted by Gasteiger charge is 2.32. The Labute approximate surface area is 177 Å². The third-order valence-corrected chi connectivity index (χ3v) is 4.72. The Bertz CT molecular complexity index is 1040. The minimum absolute atomic E-state index is 0.0576. The lowest BCUT2D eigenvalue weighted by Crippen LogP contribution is -2.44. The Morgan fingerprint density at radius 2 is 1.90 bits per heavy atom. The van der Waals surface area contributed by atoms with E-state index in [4.69, 9.17) is 26.2 Å². The van der Waals surface area contributed by atoms with Crippen molar-refractivity contribution in [3.8, 4) is 11.5 Å². The SMILES string of the molecule is COc1cc([C@H]2NC(=O)NC(c3ccccc3)=C2C(C)=O)cc(Cl)c1OCC(=O)O. The molecule has 0 saturated carbocycles. The molecule has 0 fully saturated rings. The normalized spacial score (nSPS) is 15.8. The summed E-state index contributed by atoms with van der Waals surface area (Å²) in [5, 5.41) is 14.4. The van der Waals surface area contributed by atoms with Gasteiger partial charge in [-0.1, -0.05) is 41.9 Å². The zero-order valence-electron chi connectivity index (χ0n) is 16.2. The fourth-order valence-corrected chi connectivity index (χ4v) is 3.48. The summed E-state index contributed by atoms with van der Waals surface area (Å²) in [5.41, 5.74) is 1.91. The first kappa shape index (κ1) is 21.2. The number of carboxylic acids is 1. The van der Waals surface area contributed by atoms with Crippen LogP contribution in [0.1, 0.15) is 24.1 Å². The van der Waals surface area contributed by atoms with E-state index in [2.05, 4.69) is 10.6 Å². The summed E-state index contributed by atoms with van der Waals surface area (Å²) >= 11 is 6.31. The van der Waals surface area contributed by atoms with Crippen molar-refractivity contribution in [2.24, 2.45) is 0 Å². The lowest BCUT2D eigenvalue weighted by atomic mass is 9.90. The molecule has 2 amide bonds. The molecule has 2 aromatic rings. The molecular weight excluding hydrogens is 412 g/mol. The molecule has 0 aliphatic carbocycles. The van der Waals surface area contributed by atoms with Crippen LogP contribution < -0.4 is 20.1 Å². The number of benzene rings is 2. The predicted octanol–water partition coefficient (Wildman–Crippen LogP) is 3.17. The fraction of sp³-hybridized carbons (Fsp3) is 0.190. The second kappa shape index (κ2) is 8.87. The van der Waals surface area contributed by atoms with E-state index in [0.717, 1.165) is 0 Å². The first-order chi connectivity index (χ1) is 14.3. The van der Waals surface area contributed by atoms with Gasteiger partial charge in [0.25, 0.3) is 0 Å². The number of rotatable bonds is 7. The van der Waals surface area contributed by atoms with E-state index in [0.29, 0.717) is 22.4 Å². The van der Waals surface area contributed by atoms with E-state index in [1.807, 2.05) is 6.07 Å². The van der Waals surface area contributed by atoms with Gasteiger partial charge < -0.3 is 25.2 Å². The number of carboxylic acid groups (broad SMARTS) is 1. The Hall–Kier alpha value is -3.52. The van der Waals surface area contributed by atoms with Crippen LogP contribution in [0.2, 0.25) is 5.02 Å². The number of hydrogen-bond acceptors (Lipinski definition) is 5. The van der Waals surface area contributed by atoms with Gasteiger partial charge in [0, 0.05) is 5.57 Å². The van der Waals surface area contributed by atoms with Crippen molar-refractivity contribution >= 4 is 35.1 Å². The monoisotopic (exact) mass is 430 g/mol. The lowest BCUT2D eigenvalue weighted by Gasteiger charge is -2.30. The van der Waals surface area contributed by atoms with Gasteiger partial charge in [-0.3, -0.25) is 4.79 Å². The predicted molar refractivity (Wildman–Crippen MR) is 110 cm³/mol. The largest absolute Gasteiger partial charge is 0.493 e. The second-order valence-electron chi connectivity index (χ2n) is 6.46. The van der Waals surface area contributed by atoms with Gasteiger partial charge in [0.15, 0.2) is 23.9 Å². The average Bonchev–Trinajstić information content (AvgIpc) is 2.71. The zero-order valence-corrected chi connectivity index (χ0v) is 16.9. The summed E-state index contributed by atoms with van der Waals surface area (Å²) < 4.78 is 10.5. The number of ether oxygens (including phenoxy) is 2. The number of aliphatic carboxylic acids is 1. The molecule has 0 aromatic heterocycles. The van der Waals surface area contributed by atoms with Crippen molar-refractivity contribution in [2.75, 3.05) is 13.7 Å². The number of nitrogens with one attached hydrogen (secondary N) is 2. The summed E-state index contributed by atoms with van der Waals surface area (Å²) in [4.78, 5) is 35.7. The molecule has 2 aromatic carbocycles. The molecule has 156 valence electrons. The number of hydrogen-bond donors (Lipinski definition) is 3. The maximum absolute atomic E-state index is 12.6. The van der Waals surface area contributed by atoms with Gasteiger partial charge in [-0.05, 0) is 30.2 Å². The van der Waals surface area contributed by atoms with E-state index in [-0.39, 0.29) is 22.3 Å². The van der Waals surface area contributed by atoms with Crippen molar-refractivity contribution in [3.05, 3.63) is 64.2 Å². The van der Waals surface area contributed by atoms with Gasteiger partial charge in [0.1, 0.15) is 0 Å². The van der Waals surface area contributed by atoms with Crippen molar-refractivity contribution in [1.29, 1.82) is 0 Å². The van der Waals surface area contributed by atoms with E-state index in [1.54, 1.807) is 30.3 Å². The maximum Gasteiger partial charge on any atom is 0.341 e. The molecule has 8 nitrogen and oxygen atoms in total. The van der Waals surface area contributed by atoms with Gasteiger partial charge in [0.05, 0.1) is 23.9 Å². The first-order valence-electron chi connectivity index (χ1n) is 8.92. The smallest absolute Gasteiger partial charge is 0.341 e. The molecule has 1 aliphatic heterocycles. The summed E-state index contributed by atoms with van der Waals surface area (Å²) in [7, 11) is 1.38. The number of halogens is 1. The van der Waals surface area contributed by atoms with Gasteiger partial charge >= 0.3 is 12.0 Å². The fourth-order valence-electron chi connectivity index (χ4n) is 3.21. The van der Waals surface area contributed by atoms with E-state index in [1.165, 1.54) is 20.1 Å². The van der Waals surface area contributed by atoms with Crippen LogP contribution in [0, 0.1) is 0 Å². The molecule has 30 heavy (non-hydrogen) atoms. The number of Topliss-reactive ketones (excluding diaryl/α,β-unsaturated/α-hetero) is 1. The summed E-state index contributed by atoms with van der Waals surface area (Å²) in [6, 6.07) is 10.8. The molecular formula is C21H19ClN2O6. The van der Waals surface area contributed by atoms with E-state index < -0.39 is 24.6 Å². The zero-order chi connectivity index (χ0) is 21.8. The van der Waals surface area contributed by atoms with Crippen LogP contribution in [0.3, 0.4) is 0 Å². The topological polar surface area (TPSA) is 114 Å². The number of urea groups is 1. The van der Waals surface area contributed by atoms with Crippen LogP contribution in [0.4, 0.5) is 4.79 Å². The van der Waals surface area contributed by atoms with Crippen LogP contribution in [-0.4, -0.2) is 36.6 Å². The minimum Gasteiger partial charge on any atom is -0.493 e. The van der Waals surface area contributed by atoms with Gasteiger partial charge in [-0.2, -0.15) is 0 Å². The molecule has 0 bridgehead atoms. The second-order valence-corrected chi connectivity index (χ2v) is 6.87. The number of carbonyl (C=O) groups is 3. The minimum atomic E-state index is -1.17. The van der Waals surface area contributed by atoms with Crippen LogP contribution in [0.15, 0.2) is 48.0 Å². The van der Waals surface area contributed by atoms with Crippen LogP contribution >= 0.6 is 11.6 Å². The molecule has 3 N–H and O–H groups in total. The molecule has 3 rings (SSSR count). The number of carbonyl (C=O) groups excluding carboxylic acids is 2. The van der Waals surface area contributed by atoms with Gasteiger partial charge in [-0.15, -0.1) is 0 Å². The van der Waals surface area contributed by atoms with E-state index in [9.17, 15) is 14.4 Å². The van der Waals surface area contributed by atoms with Crippen LogP contribution in [-0.2, 0) is 9.59 Å². The molecule has 1 heterocycles. The summed E-state index contributed by atoms with van der Waals surface area (Å²) in [6.07, 6.45) is 0. The third-order valence-electron chi connectivity index (χ3n) is 4.44. The molecule has 0 saturated heterocycles. The van der Waals surface area contributed by atoms with Crippen LogP contribution in [0.25, 0.3) is 5.70 Å². The number of methoxy groups -OCH3 is 1. The van der Waals surface area contributed by atoms with Crippen molar-refractivity contribution < 1.29 is 29.0 Å². The van der Waals surface area contributed by atoms with Crippen LogP contribution in [0.5, 0.6) is 11.5 Å². The Morgan fingerprint density at radius 1 is 1.20 bits per heavy atom. The standard InChI is InChI=1S/C21H19ClN2O6/c1-11(25)17-18(12-6-4-3-5-7-12)23-21(28)24-19(17)13-8-14(22)20(15(9-13)29-2)30-10-16(26)27/h3-9,19H,10H2,1-2H3,(H,26,27)(H2,23,24,28)/t19-/m1/s1. The Morgan fingerprint density at radius 3 is 2.50 bits per heavy atom. The van der Waals surface area contributed by atoms with Gasteiger partial charge in [0.2, 0.25) is 0 Å². The van der Waals surface area contributed by atoms with E-state index >= 15 is 0 Å². The Kier molecular flexibility index (Phi) is 6.27. The molecule has 0 unspecified atom stereocenters. The molecule has 1 atom stereocenters.